The maximum absolute atomic E-state index is 6.79. The molecule has 6 heterocycles. The summed E-state index contributed by atoms with van der Waals surface area (Å²) < 4.78 is 9.41. The minimum atomic E-state index is -0.111. The van der Waals surface area contributed by atoms with Crippen LogP contribution in [0.4, 0.5) is 56.9 Å². The highest BCUT2D eigenvalue weighted by atomic mass is 32.1. The fourth-order valence-electron chi connectivity index (χ4n) is 18.3. The van der Waals surface area contributed by atoms with Crippen molar-refractivity contribution in [1.29, 1.82) is 0 Å². The third-order valence-corrected chi connectivity index (χ3v) is 23.1. The van der Waals surface area contributed by atoms with Crippen LogP contribution in [0, 0.1) is 34.6 Å². The molecule has 4 aliphatic heterocycles. The van der Waals surface area contributed by atoms with Gasteiger partial charge in [-0.15, -0.1) is 11.3 Å². The van der Waals surface area contributed by atoms with Crippen LogP contribution in [0.25, 0.3) is 42.1 Å². The van der Waals surface area contributed by atoms with Crippen molar-refractivity contribution in [3.05, 3.63) is 197 Å². The molecule has 7 heteroatoms. The second kappa shape index (κ2) is 16.7. The third-order valence-electron chi connectivity index (χ3n) is 22.0. The molecule has 2 aromatic heterocycles. The van der Waals surface area contributed by atoms with Crippen molar-refractivity contribution in [2.24, 2.45) is 0 Å². The zero-order valence-electron chi connectivity index (χ0n) is 48.9. The smallest absolute Gasteiger partial charge is 0.252 e. The van der Waals surface area contributed by atoms with Gasteiger partial charge in [-0.25, -0.2) is 0 Å². The fourth-order valence-corrected chi connectivity index (χ4v) is 19.5. The molecule has 6 aliphatic rings. The van der Waals surface area contributed by atoms with E-state index < -0.39 is 0 Å². The summed E-state index contributed by atoms with van der Waals surface area (Å²) in [7, 11) is 0. The zero-order chi connectivity index (χ0) is 55.5. The Morgan fingerprint density at radius 1 is 0.415 bits per heavy atom. The van der Waals surface area contributed by atoms with Gasteiger partial charge in [0, 0.05) is 81.9 Å². The van der Waals surface area contributed by atoms with E-state index in [0.717, 1.165) is 40.5 Å². The lowest BCUT2D eigenvalue weighted by Crippen LogP contribution is -2.61. The standard InChI is InChI=1S/C75H69BN4OS/c1-44-36-47(4)69-59(38-44)79(74(8)34-16-14-32-72(69,74)6)49-28-30-53-57(42-49)77(55-22-18-25-64-67(55)51-20-10-12-24-63(51)81-64)61-40-46(3)41-62-71(61)76(53)54-31-29-50(80-60-39-45(2)37-48(5)70(60)73(7)33-15-17-35-75(73,80)9)43-58(54)78(62)56-23-19-27-66-68(56)52-21-11-13-26-65(52)82-66/h10-13,18-31,36-43H,14-17,32-35H2,1-9H3. The monoisotopic (exact) mass is 1080 g/mol. The highest BCUT2D eigenvalue weighted by molar-refractivity contribution is 7.26. The Hall–Kier alpha value is -7.74. The number of furan rings is 1. The summed E-state index contributed by atoms with van der Waals surface area (Å²) in [6.45, 7) is 21.9. The molecule has 2 aliphatic carbocycles. The van der Waals surface area contributed by atoms with E-state index in [-0.39, 0.29) is 28.6 Å². The van der Waals surface area contributed by atoms with Crippen LogP contribution in [-0.2, 0) is 10.8 Å². The predicted molar refractivity (Wildman–Crippen MR) is 350 cm³/mol. The van der Waals surface area contributed by atoms with Crippen LogP contribution in [-0.4, -0.2) is 17.8 Å². The zero-order valence-corrected chi connectivity index (χ0v) is 49.7. The summed E-state index contributed by atoms with van der Waals surface area (Å²) in [6.07, 6.45) is 9.64. The highest BCUT2D eigenvalue weighted by Crippen LogP contribution is 2.64. The number of fused-ring (bicyclic) bond motifs is 16. The van der Waals surface area contributed by atoms with E-state index in [1.807, 2.05) is 11.3 Å². The quantitative estimate of drug-likeness (QED) is 0.164. The Balaban J connectivity index is 0.974. The molecule has 82 heavy (non-hydrogen) atoms. The molecule has 0 N–H and O–H groups in total. The molecule has 4 atom stereocenters. The molecule has 11 aromatic rings. The number of aryl methyl sites for hydroxylation is 5. The molecule has 0 spiro atoms. The first-order valence-electron chi connectivity index (χ1n) is 30.4. The summed E-state index contributed by atoms with van der Waals surface area (Å²) in [5.41, 5.74) is 28.0. The second-order valence-electron chi connectivity index (χ2n) is 26.6. The molecule has 0 bridgehead atoms. The van der Waals surface area contributed by atoms with Crippen molar-refractivity contribution in [2.75, 3.05) is 19.6 Å². The number of nitrogens with zero attached hydrogens (tertiary/aromatic N) is 4. The summed E-state index contributed by atoms with van der Waals surface area (Å²) in [4.78, 5) is 11.0. The van der Waals surface area contributed by atoms with Crippen LogP contribution in [0.1, 0.15) is 118 Å². The summed E-state index contributed by atoms with van der Waals surface area (Å²) >= 11 is 1.91. The number of para-hydroxylation sites is 1. The van der Waals surface area contributed by atoms with Gasteiger partial charge >= 0.3 is 0 Å². The van der Waals surface area contributed by atoms with Crippen molar-refractivity contribution in [3.8, 4) is 0 Å². The van der Waals surface area contributed by atoms with Gasteiger partial charge in [-0.3, -0.25) is 0 Å². The van der Waals surface area contributed by atoms with Crippen molar-refractivity contribution < 1.29 is 4.42 Å². The average molecular weight is 1090 g/mol. The molecule has 9 aromatic carbocycles. The van der Waals surface area contributed by atoms with E-state index in [2.05, 4.69) is 240 Å². The lowest BCUT2D eigenvalue weighted by Gasteiger charge is -2.51. The molecule has 404 valence electrons. The topological polar surface area (TPSA) is 26.1 Å². The first kappa shape index (κ1) is 48.9. The van der Waals surface area contributed by atoms with E-state index in [9.17, 15) is 0 Å². The second-order valence-corrected chi connectivity index (χ2v) is 27.6. The maximum atomic E-state index is 6.79. The minimum Gasteiger partial charge on any atom is -0.456 e. The lowest BCUT2D eigenvalue weighted by molar-refractivity contribution is 0.194. The van der Waals surface area contributed by atoms with Gasteiger partial charge in [0.25, 0.3) is 6.71 Å². The maximum Gasteiger partial charge on any atom is 0.252 e. The predicted octanol–water partition coefficient (Wildman–Crippen LogP) is 19.1. The van der Waals surface area contributed by atoms with Crippen LogP contribution in [0.5, 0.6) is 0 Å². The molecule has 2 saturated carbocycles. The molecule has 0 amide bonds. The number of thiophene rings is 1. The lowest BCUT2D eigenvalue weighted by atomic mass is 9.33. The number of rotatable bonds is 4. The summed E-state index contributed by atoms with van der Waals surface area (Å²) in [5.74, 6) is 0. The Bertz CT molecular complexity index is 4340. The third kappa shape index (κ3) is 6.15. The number of hydrogen-bond acceptors (Lipinski definition) is 6. The van der Waals surface area contributed by atoms with Gasteiger partial charge in [0.15, 0.2) is 0 Å². The first-order valence-corrected chi connectivity index (χ1v) is 31.2. The van der Waals surface area contributed by atoms with Crippen LogP contribution < -0.4 is 36.0 Å². The van der Waals surface area contributed by atoms with E-state index in [1.54, 1.807) is 5.56 Å². The highest BCUT2D eigenvalue weighted by Gasteiger charge is 2.60. The SMILES string of the molecule is Cc1cc2c3c(c1)N(c1cccc4sc5ccccc5c14)c1cc(N4c5cc(C)cc(C)c5C5(C)CCCCC45C)ccc1B3c1ccc(N3c4cc(C)cc(C)c4C4(C)CCCCC34C)cc1N2c1cccc2oc3ccccc3c12. The van der Waals surface area contributed by atoms with E-state index in [0.29, 0.717) is 0 Å². The van der Waals surface area contributed by atoms with Gasteiger partial charge in [-0.05, 0) is 214 Å². The number of hydrogen-bond donors (Lipinski definition) is 0. The van der Waals surface area contributed by atoms with Gasteiger partial charge in [-0.1, -0.05) is 112 Å². The Labute approximate surface area is 486 Å². The van der Waals surface area contributed by atoms with Gasteiger partial charge in [0.05, 0.1) is 27.8 Å². The van der Waals surface area contributed by atoms with Crippen LogP contribution in [0.2, 0.25) is 0 Å². The fraction of sp³-hybridized carbons (Fsp3) is 0.280. The van der Waals surface area contributed by atoms with E-state index >= 15 is 0 Å². The molecular weight excluding hydrogens is 1020 g/mol. The van der Waals surface area contributed by atoms with Crippen LogP contribution >= 0.6 is 11.3 Å². The van der Waals surface area contributed by atoms with E-state index in [1.165, 1.54) is 160 Å². The molecule has 17 rings (SSSR count). The average Bonchev–Trinajstić information content (AvgIpc) is 1.51. The summed E-state index contributed by atoms with van der Waals surface area (Å²) in [6, 6.07) is 61.6. The number of anilines is 10. The van der Waals surface area contributed by atoms with Gasteiger partial charge in [0.1, 0.15) is 11.2 Å². The molecular formula is C75H69BN4OS. The first-order chi connectivity index (χ1) is 39.7. The van der Waals surface area contributed by atoms with Crippen molar-refractivity contribution in [2.45, 2.75) is 136 Å². The molecule has 5 nitrogen and oxygen atoms in total. The molecule has 0 saturated heterocycles. The van der Waals surface area contributed by atoms with Gasteiger partial charge in [-0.2, -0.15) is 0 Å². The van der Waals surface area contributed by atoms with Crippen LogP contribution in [0.15, 0.2) is 162 Å². The molecule has 0 radical (unpaired) electrons. The largest absolute Gasteiger partial charge is 0.456 e. The van der Waals surface area contributed by atoms with Crippen molar-refractivity contribution in [1.82, 2.24) is 0 Å². The molecule has 4 unspecified atom stereocenters. The Morgan fingerprint density at radius 3 is 1.49 bits per heavy atom. The molecule has 2 fully saturated rings. The Morgan fingerprint density at radius 2 is 0.890 bits per heavy atom. The normalized spacial score (nSPS) is 23.1. The van der Waals surface area contributed by atoms with Crippen LogP contribution in [0.3, 0.4) is 0 Å². The van der Waals surface area contributed by atoms with E-state index in [4.69, 9.17) is 4.42 Å². The van der Waals surface area contributed by atoms with Crippen molar-refractivity contribution in [3.63, 3.8) is 0 Å². The number of benzene rings is 9. The van der Waals surface area contributed by atoms with Gasteiger partial charge in [0.2, 0.25) is 0 Å². The van der Waals surface area contributed by atoms with Gasteiger partial charge < -0.3 is 24.0 Å². The minimum absolute atomic E-state index is 0.00731. The van der Waals surface area contributed by atoms with Crippen molar-refractivity contribution >= 4 is 133 Å². The Kier molecular flexibility index (Phi) is 9.98. The summed E-state index contributed by atoms with van der Waals surface area (Å²) in [5, 5.41) is 4.88.